The lowest BCUT2D eigenvalue weighted by Gasteiger charge is -2.25. The number of anilines is 1. The summed E-state index contributed by atoms with van der Waals surface area (Å²) in [4.78, 5) is 32.0. The van der Waals surface area contributed by atoms with Gasteiger partial charge in [-0.3, -0.25) is 14.6 Å². The summed E-state index contributed by atoms with van der Waals surface area (Å²) in [5.41, 5.74) is 0.580. The topological polar surface area (TPSA) is 96.6 Å². The lowest BCUT2D eigenvalue weighted by atomic mass is 9.79. The van der Waals surface area contributed by atoms with E-state index in [2.05, 4.69) is 31.2 Å². The lowest BCUT2D eigenvalue weighted by molar-refractivity contribution is -0.148. The zero-order valence-corrected chi connectivity index (χ0v) is 17.3. The van der Waals surface area contributed by atoms with Crippen LogP contribution in [0.5, 0.6) is 0 Å². The van der Waals surface area contributed by atoms with E-state index in [9.17, 15) is 14.7 Å². The molecule has 8 heteroatoms. The van der Waals surface area contributed by atoms with E-state index in [1.165, 1.54) is 6.34 Å². The summed E-state index contributed by atoms with van der Waals surface area (Å²) in [7, 11) is 0. The molecule has 148 valence electrons. The fraction of sp³-hybridized carbons (Fsp3) is 0.400. The van der Waals surface area contributed by atoms with Gasteiger partial charge in [-0.15, -0.1) is 0 Å². The maximum Gasteiger partial charge on any atom is 0.309 e. The number of carboxylic acid groups (broad SMARTS) is 1. The molecule has 0 spiro atoms. The van der Waals surface area contributed by atoms with Gasteiger partial charge in [0.25, 0.3) is 0 Å². The number of nitrogens with zero attached hydrogens (tertiary/aromatic N) is 3. The highest BCUT2D eigenvalue weighted by atomic mass is 79.9. The van der Waals surface area contributed by atoms with Gasteiger partial charge in [-0.2, -0.15) is 0 Å². The number of aliphatic carboxylic acids is 1. The van der Waals surface area contributed by atoms with Gasteiger partial charge in [0.1, 0.15) is 12.4 Å². The van der Waals surface area contributed by atoms with Gasteiger partial charge in [0.2, 0.25) is 5.78 Å². The second-order valence-corrected chi connectivity index (χ2v) is 8.22. The Kier molecular flexibility index (Phi) is 6.28. The average Bonchev–Trinajstić information content (AvgIpc) is 2.95. The number of rotatable bonds is 8. The van der Waals surface area contributed by atoms with Crippen LogP contribution >= 0.6 is 15.9 Å². The number of Topliss-reactive ketones (excluding diaryl/α,β-unsaturated/α-hetero) is 1. The normalized spacial score (nSPS) is 15.4. The fourth-order valence-electron chi connectivity index (χ4n) is 3.38. The Labute approximate surface area is 172 Å². The van der Waals surface area contributed by atoms with Crippen LogP contribution in [-0.2, 0) is 17.8 Å². The van der Waals surface area contributed by atoms with E-state index in [0.29, 0.717) is 30.9 Å². The van der Waals surface area contributed by atoms with Gasteiger partial charge in [-0.05, 0) is 43.9 Å². The number of halogens is 1. The van der Waals surface area contributed by atoms with Gasteiger partial charge in [-0.1, -0.05) is 34.5 Å². The molecule has 1 aromatic carbocycles. The predicted octanol–water partition coefficient (Wildman–Crippen LogP) is 3.79. The number of carboxylic acids is 1. The molecular formula is C20H23BrN4O3. The standard InChI is InChI=1S/C20H23BrN4O3/c1-20(19(27)28,10-14-5-4-6-15(21)9-14)7-2-3-8-25-13-24-17-16(26)11-22-12-23-18(17)25/h4-6,9,12-13H,2-3,7-8,10-11H2,1H3,(H,22,23)(H,27,28)/t20-/m0/s1. The van der Waals surface area contributed by atoms with Crippen molar-refractivity contribution in [3.63, 3.8) is 0 Å². The second kappa shape index (κ2) is 8.68. The highest BCUT2D eigenvalue weighted by Gasteiger charge is 2.32. The Morgan fingerprint density at radius 1 is 1.39 bits per heavy atom. The first-order chi connectivity index (χ1) is 13.4. The molecule has 1 aliphatic heterocycles. The number of fused-ring (bicyclic) bond motifs is 1. The number of unbranched alkanes of at least 4 members (excludes halogenated alkanes) is 1. The molecule has 0 bridgehead atoms. The number of aromatic nitrogens is 2. The number of ketones is 1. The summed E-state index contributed by atoms with van der Waals surface area (Å²) >= 11 is 3.44. The van der Waals surface area contributed by atoms with E-state index in [-0.39, 0.29) is 12.3 Å². The first kappa shape index (κ1) is 20.3. The molecule has 1 atom stereocenters. The molecule has 2 heterocycles. The van der Waals surface area contributed by atoms with Gasteiger partial charge in [0.05, 0.1) is 18.1 Å². The van der Waals surface area contributed by atoms with E-state index in [1.54, 1.807) is 13.3 Å². The molecule has 0 radical (unpaired) electrons. The second-order valence-electron chi connectivity index (χ2n) is 7.30. The monoisotopic (exact) mass is 446 g/mol. The molecule has 0 saturated heterocycles. The van der Waals surface area contributed by atoms with Crippen molar-refractivity contribution in [3.8, 4) is 0 Å². The summed E-state index contributed by atoms with van der Waals surface area (Å²) in [6.07, 6.45) is 5.76. The molecular weight excluding hydrogens is 424 g/mol. The zero-order chi connectivity index (χ0) is 20.1. The molecule has 3 rings (SSSR count). The minimum absolute atomic E-state index is 0.101. The fourth-order valence-corrected chi connectivity index (χ4v) is 3.83. The summed E-state index contributed by atoms with van der Waals surface area (Å²) in [6.45, 7) is 2.56. The number of aryl methyl sites for hydroxylation is 1. The molecule has 1 aromatic heterocycles. The van der Waals surface area contributed by atoms with Crippen LogP contribution in [0, 0.1) is 5.41 Å². The van der Waals surface area contributed by atoms with E-state index in [0.717, 1.165) is 22.9 Å². The van der Waals surface area contributed by atoms with Gasteiger partial charge < -0.3 is 15.0 Å². The van der Waals surface area contributed by atoms with E-state index in [1.807, 2.05) is 28.8 Å². The van der Waals surface area contributed by atoms with Crippen molar-refractivity contribution in [1.29, 1.82) is 0 Å². The van der Waals surface area contributed by atoms with Crippen molar-refractivity contribution in [2.75, 3.05) is 11.9 Å². The number of carbonyl (C=O) groups excluding carboxylic acids is 1. The molecule has 7 nitrogen and oxygen atoms in total. The molecule has 0 saturated carbocycles. The van der Waals surface area contributed by atoms with Crippen LogP contribution in [0.25, 0.3) is 0 Å². The van der Waals surface area contributed by atoms with Gasteiger partial charge in [-0.25, -0.2) is 4.98 Å². The van der Waals surface area contributed by atoms with Crippen molar-refractivity contribution < 1.29 is 14.7 Å². The molecule has 0 aliphatic carbocycles. The molecule has 28 heavy (non-hydrogen) atoms. The minimum Gasteiger partial charge on any atom is -0.481 e. The number of imidazole rings is 1. The molecule has 0 unspecified atom stereocenters. The summed E-state index contributed by atoms with van der Waals surface area (Å²) in [5, 5.41) is 12.8. The van der Waals surface area contributed by atoms with Crippen LogP contribution in [0.4, 0.5) is 5.82 Å². The third-order valence-electron chi connectivity index (χ3n) is 5.01. The van der Waals surface area contributed by atoms with Crippen molar-refractivity contribution in [2.45, 2.75) is 39.2 Å². The van der Waals surface area contributed by atoms with Gasteiger partial charge >= 0.3 is 5.97 Å². The number of hydrogen-bond acceptors (Lipinski definition) is 5. The number of nitrogens with one attached hydrogen (secondary N) is 1. The Morgan fingerprint density at radius 2 is 2.21 bits per heavy atom. The minimum atomic E-state index is -0.826. The number of benzene rings is 1. The molecule has 0 fully saturated rings. The van der Waals surface area contributed by atoms with Crippen molar-refractivity contribution in [3.05, 3.63) is 46.3 Å². The van der Waals surface area contributed by atoms with Gasteiger partial charge in [0, 0.05) is 11.0 Å². The summed E-state index contributed by atoms with van der Waals surface area (Å²) in [5.74, 6) is -0.240. The Balaban J connectivity index is 1.59. The average molecular weight is 447 g/mol. The molecule has 1 aliphatic rings. The quantitative estimate of drug-likeness (QED) is 0.601. The first-order valence-electron chi connectivity index (χ1n) is 9.20. The third kappa shape index (κ3) is 4.67. The van der Waals surface area contributed by atoms with Gasteiger partial charge in [0.15, 0.2) is 5.69 Å². The SMILES string of the molecule is C[C@](CCCCn1cnc2c1NC=NCC2=O)(Cc1cccc(Br)c1)C(=O)O. The summed E-state index contributed by atoms with van der Waals surface area (Å²) < 4.78 is 2.83. The number of hydrogen-bond donors (Lipinski definition) is 2. The number of aliphatic imine (C=N–C) groups is 1. The van der Waals surface area contributed by atoms with Crippen molar-refractivity contribution >= 4 is 39.8 Å². The maximum atomic E-state index is 12.0. The van der Waals surface area contributed by atoms with Crippen LogP contribution in [0.15, 0.2) is 40.1 Å². The largest absolute Gasteiger partial charge is 0.481 e. The number of carbonyl (C=O) groups is 2. The third-order valence-corrected chi connectivity index (χ3v) is 5.50. The molecule has 2 aromatic rings. The van der Waals surface area contributed by atoms with Crippen molar-refractivity contribution in [2.24, 2.45) is 10.4 Å². The lowest BCUT2D eigenvalue weighted by Crippen LogP contribution is -2.30. The molecule has 2 N–H and O–H groups in total. The Hall–Kier alpha value is -2.48. The van der Waals surface area contributed by atoms with E-state index < -0.39 is 11.4 Å². The van der Waals surface area contributed by atoms with Crippen molar-refractivity contribution in [1.82, 2.24) is 9.55 Å². The Bertz CT molecular complexity index is 909. The van der Waals surface area contributed by atoms with Crippen LogP contribution < -0.4 is 5.32 Å². The van der Waals surface area contributed by atoms with Crippen LogP contribution in [0.1, 0.15) is 42.2 Å². The maximum absolute atomic E-state index is 12.0. The molecule has 0 amide bonds. The van der Waals surface area contributed by atoms with Crippen LogP contribution in [0.3, 0.4) is 0 Å². The first-order valence-corrected chi connectivity index (χ1v) is 9.99. The highest BCUT2D eigenvalue weighted by molar-refractivity contribution is 9.10. The Morgan fingerprint density at radius 3 is 2.96 bits per heavy atom. The smallest absolute Gasteiger partial charge is 0.309 e. The van der Waals surface area contributed by atoms with E-state index in [4.69, 9.17) is 0 Å². The van der Waals surface area contributed by atoms with Crippen LogP contribution in [0.2, 0.25) is 0 Å². The predicted molar refractivity (Wildman–Crippen MR) is 111 cm³/mol. The van der Waals surface area contributed by atoms with E-state index >= 15 is 0 Å². The highest BCUT2D eigenvalue weighted by Crippen LogP contribution is 2.30. The zero-order valence-electron chi connectivity index (χ0n) is 15.7. The summed E-state index contributed by atoms with van der Waals surface area (Å²) in [6, 6.07) is 7.77. The van der Waals surface area contributed by atoms with Crippen LogP contribution in [-0.4, -0.2) is 39.3 Å².